The minimum atomic E-state index is 0.686. The number of fused-ring (bicyclic) bond motifs is 2. The molecule has 82 valence electrons. The molecule has 0 heteroatoms. The second kappa shape index (κ2) is 3.25. The Labute approximate surface area is 89.5 Å². The SMILES string of the molecule is CCC1CC2(CC)CC(C2)C1(C)CC. The van der Waals surface area contributed by atoms with Crippen molar-refractivity contribution in [2.75, 3.05) is 0 Å². The molecular formula is C14H26. The lowest BCUT2D eigenvalue weighted by Crippen LogP contribution is -2.55. The predicted octanol–water partition coefficient (Wildman–Crippen LogP) is 4.64. The number of hydrogen-bond donors (Lipinski definition) is 0. The van der Waals surface area contributed by atoms with E-state index in [1.807, 2.05) is 0 Å². The molecule has 2 bridgehead atoms. The zero-order chi connectivity index (χ0) is 10.4. The lowest BCUT2D eigenvalue weighted by atomic mass is 9.41. The summed E-state index contributed by atoms with van der Waals surface area (Å²) >= 11 is 0. The maximum absolute atomic E-state index is 2.56. The van der Waals surface area contributed by atoms with Crippen molar-refractivity contribution >= 4 is 0 Å². The van der Waals surface area contributed by atoms with Gasteiger partial charge in [0.2, 0.25) is 0 Å². The lowest BCUT2D eigenvalue weighted by Gasteiger charge is -2.64. The fourth-order valence-electron chi connectivity index (χ4n) is 4.33. The first-order valence-corrected chi connectivity index (χ1v) is 6.60. The van der Waals surface area contributed by atoms with Gasteiger partial charge in [-0.05, 0) is 41.9 Å². The molecule has 3 rings (SSSR count). The van der Waals surface area contributed by atoms with E-state index in [9.17, 15) is 0 Å². The second-order valence-electron chi connectivity index (χ2n) is 6.13. The number of rotatable bonds is 3. The summed E-state index contributed by atoms with van der Waals surface area (Å²) in [7, 11) is 0. The average molecular weight is 194 g/mol. The third kappa shape index (κ3) is 1.19. The Balaban J connectivity index is 2.16. The molecule has 0 spiro atoms. The quantitative estimate of drug-likeness (QED) is 0.614. The highest BCUT2D eigenvalue weighted by Crippen LogP contribution is 2.67. The third-order valence-electron chi connectivity index (χ3n) is 5.91. The van der Waals surface area contributed by atoms with Crippen molar-refractivity contribution in [3.63, 3.8) is 0 Å². The smallest absolute Gasteiger partial charge is 0.0271 e. The van der Waals surface area contributed by atoms with E-state index in [4.69, 9.17) is 0 Å². The van der Waals surface area contributed by atoms with Crippen LogP contribution in [0.4, 0.5) is 0 Å². The summed E-state index contributed by atoms with van der Waals surface area (Å²) in [5.41, 5.74) is 1.48. The summed E-state index contributed by atoms with van der Waals surface area (Å²) < 4.78 is 0. The average Bonchev–Trinajstić information content (AvgIpc) is 2.17. The van der Waals surface area contributed by atoms with E-state index in [1.165, 1.54) is 25.7 Å². The fourth-order valence-corrected chi connectivity index (χ4v) is 4.33. The zero-order valence-corrected chi connectivity index (χ0v) is 10.4. The fraction of sp³-hybridized carbons (Fsp3) is 1.00. The van der Waals surface area contributed by atoms with Crippen LogP contribution >= 0.6 is 0 Å². The molecule has 0 nitrogen and oxygen atoms in total. The molecule has 0 amide bonds. The van der Waals surface area contributed by atoms with Crippen LogP contribution in [0.2, 0.25) is 0 Å². The van der Waals surface area contributed by atoms with E-state index in [1.54, 1.807) is 12.8 Å². The highest BCUT2D eigenvalue weighted by Gasteiger charge is 2.58. The van der Waals surface area contributed by atoms with Gasteiger partial charge in [0.05, 0.1) is 0 Å². The summed E-state index contributed by atoms with van der Waals surface area (Å²) in [6.07, 6.45) is 8.86. The molecule has 0 aromatic heterocycles. The monoisotopic (exact) mass is 194 g/mol. The van der Waals surface area contributed by atoms with E-state index >= 15 is 0 Å². The first kappa shape index (κ1) is 10.5. The van der Waals surface area contributed by atoms with Crippen molar-refractivity contribution in [3.05, 3.63) is 0 Å². The topological polar surface area (TPSA) is 0 Å². The van der Waals surface area contributed by atoms with Crippen LogP contribution in [0.15, 0.2) is 0 Å². The normalized spacial score (nSPS) is 51.4. The Kier molecular flexibility index (Phi) is 2.44. The van der Waals surface area contributed by atoms with Gasteiger partial charge in [0.1, 0.15) is 0 Å². The Bertz CT molecular complexity index is 212. The summed E-state index contributed by atoms with van der Waals surface area (Å²) in [5.74, 6) is 2.08. The molecule has 0 aromatic carbocycles. The van der Waals surface area contributed by atoms with E-state index in [2.05, 4.69) is 27.7 Å². The van der Waals surface area contributed by atoms with Crippen molar-refractivity contribution in [3.8, 4) is 0 Å². The van der Waals surface area contributed by atoms with E-state index < -0.39 is 0 Å². The van der Waals surface area contributed by atoms with E-state index in [-0.39, 0.29) is 0 Å². The van der Waals surface area contributed by atoms with Crippen LogP contribution in [0.25, 0.3) is 0 Å². The van der Waals surface area contributed by atoms with Gasteiger partial charge < -0.3 is 0 Å². The van der Waals surface area contributed by atoms with Gasteiger partial charge in [-0.1, -0.05) is 47.0 Å². The molecule has 2 unspecified atom stereocenters. The third-order valence-corrected chi connectivity index (χ3v) is 5.91. The van der Waals surface area contributed by atoms with Crippen LogP contribution < -0.4 is 0 Å². The van der Waals surface area contributed by atoms with Crippen molar-refractivity contribution in [1.82, 2.24) is 0 Å². The predicted molar refractivity (Wildman–Crippen MR) is 62.2 cm³/mol. The Morgan fingerprint density at radius 3 is 2.07 bits per heavy atom. The van der Waals surface area contributed by atoms with Gasteiger partial charge in [0.25, 0.3) is 0 Å². The maximum Gasteiger partial charge on any atom is -0.0271 e. The van der Waals surface area contributed by atoms with Crippen LogP contribution in [0.3, 0.4) is 0 Å². The molecule has 3 fully saturated rings. The highest BCUT2D eigenvalue weighted by molar-refractivity contribution is 5.08. The van der Waals surface area contributed by atoms with Crippen molar-refractivity contribution in [2.45, 2.75) is 66.2 Å². The van der Waals surface area contributed by atoms with E-state index in [0.29, 0.717) is 5.41 Å². The molecular weight excluding hydrogens is 168 g/mol. The molecule has 3 aliphatic rings. The van der Waals surface area contributed by atoms with Gasteiger partial charge in [-0.15, -0.1) is 0 Å². The molecule has 3 saturated carbocycles. The summed E-state index contributed by atoms with van der Waals surface area (Å²) in [6, 6.07) is 0. The molecule has 0 heterocycles. The molecule has 0 saturated heterocycles. The molecule has 0 aromatic rings. The highest BCUT2D eigenvalue weighted by atomic mass is 14.6. The zero-order valence-electron chi connectivity index (χ0n) is 10.4. The summed E-state index contributed by atoms with van der Waals surface area (Å²) in [6.45, 7) is 9.76. The Morgan fingerprint density at radius 1 is 1.00 bits per heavy atom. The van der Waals surface area contributed by atoms with Crippen LogP contribution in [-0.4, -0.2) is 0 Å². The van der Waals surface area contributed by atoms with Gasteiger partial charge in [-0.25, -0.2) is 0 Å². The minimum absolute atomic E-state index is 0.686. The van der Waals surface area contributed by atoms with Gasteiger partial charge in [-0.2, -0.15) is 0 Å². The van der Waals surface area contributed by atoms with Gasteiger partial charge in [0.15, 0.2) is 0 Å². The first-order valence-electron chi connectivity index (χ1n) is 6.60. The second-order valence-corrected chi connectivity index (χ2v) is 6.13. The van der Waals surface area contributed by atoms with Crippen molar-refractivity contribution in [2.24, 2.45) is 22.7 Å². The molecule has 0 radical (unpaired) electrons. The lowest BCUT2D eigenvalue weighted by molar-refractivity contribution is -0.144. The Morgan fingerprint density at radius 2 is 1.64 bits per heavy atom. The molecule has 0 N–H and O–H groups in total. The summed E-state index contributed by atoms with van der Waals surface area (Å²) in [4.78, 5) is 0. The van der Waals surface area contributed by atoms with Crippen LogP contribution in [-0.2, 0) is 0 Å². The van der Waals surface area contributed by atoms with Gasteiger partial charge >= 0.3 is 0 Å². The number of hydrogen-bond acceptors (Lipinski definition) is 0. The molecule has 0 aliphatic heterocycles. The van der Waals surface area contributed by atoms with Crippen molar-refractivity contribution < 1.29 is 0 Å². The molecule has 2 atom stereocenters. The first-order chi connectivity index (χ1) is 6.60. The standard InChI is InChI=1S/C14H26/c1-5-11-8-14(7-3)9-12(10-14)13(11,4)6-2/h11-12H,5-10H2,1-4H3. The van der Waals surface area contributed by atoms with Crippen molar-refractivity contribution in [1.29, 1.82) is 0 Å². The Hall–Kier alpha value is 0. The largest absolute Gasteiger partial charge is 0.0651 e. The van der Waals surface area contributed by atoms with Gasteiger partial charge in [-0.3, -0.25) is 0 Å². The molecule has 3 aliphatic carbocycles. The van der Waals surface area contributed by atoms with Crippen LogP contribution in [0.1, 0.15) is 66.2 Å². The van der Waals surface area contributed by atoms with Crippen LogP contribution in [0, 0.1) is 22.7 Å². The summed E-state index contributed by atoms with van der Waals surface area (Å²) in [5, 5.41) is 0. The maximum atomic E-state index is 2.56. The molecule has 14 heavy (non-hydrogen) atoms. The van der Waals surface area contributed by atoms with Crippen LogP contribution in [0.5, 0.6) is 0 Å². The van der Waals surface area contributed by atoms with E-state index in [0.717, 1.165) is 17.3 Å². The van der Waals surface area contributed by atoms with Gasteiger partial charge in [0, 0.05) is 0 Å². The minimum Gasteiger partial charge on any atom is -0.0651 e.